The average Bonchev–Trinajstić information content (AvgIpc) is 2.48. The summed E-state index contributed by atoms with van der Waals surface area (Å²) in [6.07, 6.45) is 5.75. The third-order valence-corrected chi connectivity index (χ3v) is 4.86. The lowest BCUT2D eigenvalue weighted by Crippen LogP contribution is -2.37. The van der Waals surface area contributed by atoms with Crippen molar-refractivity contribution in [1.82, 2.24) is 4.98 Å². The van der Waals surface area contributed by atoms with Crippen LogP contribution in [0.5, 0.6) is 0 Å². The molecule has 1 aliphatic rings. The molecule has 0 amide bonds. The van der Waals surface area contributed by atoms with Crippen molar-refractivity contribution in [2.45, 2.75) is 51.4 Å². The van der Waals surface area contributed by atoms with Gasteiger partial charge in [0, 0.05) is 10.3 Å². The standard InChI is InChI=1S/C12H19NOS/c1-3-5-10-13-9(2)11(15-10)12(8-14)6-4-7-12/h14H,3-8H2,1-2H3. The number of aryl methyl sites for hydroxylation is 2. The smallest absolute Gasteiger partial charge is 0.0931 e. The van der Waals surface area contributed by atoms with Crippen LogP contribution in [-0.2, 0) is 11.8 Å². The fourth-order valence-electron chi connectivity index (χ4n) is 2.33. The van der Waals surface area contributed by atoms with Crippen LogP contribution in [-0.4, -0.2) is 16.7 Å². The number of aliphatic hydroxyl groups excluding tert-OH is 1. The van der Waals surface area contributed by atoms with E-state index in [1.54, 1.807) is 0 Å². The van der Waals surface area contributed by atoms with Gasteiger partial charge in [-0.15, -0.1) is 11.3 Å². The molecule has 1 heterocycles. The van der Waals surface area contributed by atoms with Crippen LogP contribution in [0.25, 0.3) is 0 Å². The molecule has 0 saturated heterocycles. The maximum absolute atomic E-state index is 9.53. The summed E-state index contributed by atoms with van der Waals surface area (Å²) >= 11 is 1.82. The molecule has 1 aliphatic carbocycles. The van der Waals surface area contributed by atoms with Gasteiger partial charge in [0.05, 0.1) is 17.3 Å². The van der Waals surface area contributed by atoms with Crippen LogP contribution in [0.15, 0.2) is 0 Å². The van der Waals surface area contributed by atoms with Gasteiger partial charge < -0.3 is 5.11 Å². The van der Waals surface area contributed by atoms with Crippen LogP contribution in [0.1, 0.15) is 48.2 Å². The summed E-state index contributed by atoms with van der Waals surface area (Å²) in [5, 5.41) is 10.8. The predicted octanol–water partition coefficient (Wildman–Crippen LogP) is 2.82. The topological polar surface area (TPSA) is 33.1 Å². The van der Waals surface area contributed by atoms with Gasteiger partial charge in [0.25, 0.3) is 0 Å². The van der Waals surface area contributed by atoms with Gasteiger partial charge in [-0.2, -0.15) is 0 Å². The Hall–Kier alpha value is -0.410. The quantitative estimate of drug-likeness (QED) is 0.854. The number of nitrogens with zero attached hydrogens (tertiary/aromatic N) is 1. The van der Waals surface area contributed by atoms with Gasteiger partial charge in [-0.1, -0.05) is 13.3 Å². The lowest BCUT2D eigenvalue weighted by Gasteiger charge is -2.39. The second kappa shape index (κ2) is 4.22. The minimum atomic E-state index is 0.0771. The highest BCUT2D eigenvalue weighted by atomic mass is 32.1. The van der Waals surface area contributed by atoms with Gasteiger partial charge in [0.1, 0.15) is 0 Å². The van der Waals surface area contributed by atoms with E-state index in [2.05, 4.69) is 18.8 Å². The second-order valence-electron chi connectivity index (χ2n) is 4.56. The van der Waals surface area contributed by atoms with E-state index in [1.165, 1.54) is 16.3 Å². The maximum atomic E-state index is 9.53. The molecule has 1 aromatic heterocycles. The molecule has 0 radical (unpaired) electrons. The van der Waals surface area contributed by atoms with Crippen molar-refractivity contribution in [3.05, 3.63) is 15.6 Å². The zero-order chi connectivity index (χ0) is 10.9. The van der Waals surface area contributed by atoms with Crippen molar-refractivity contribution in [3.63, 3.8) is 0 Å². The normalized spacial score (nSPS) is 18.9. The molecular weight excluding hydrogens is 206 g/mol. The van der Waals surface area contributed by atoms with E-state index in [9.17, 15) is 5.11 Å². The van der Waals surface area contributed by atoms with Crippen molar-refractivity contribution < 1.29 is 5.11 Å². The Kier molecular flexibility index (Phi) is 3.12. The molecule has 2 nitrogen and oxygen atoms in total. The molecule has 0 spiro atoms. The first-order valence-corrected chi connectivity index (χ1v) is 6.61. The Morgan fingerprint density at radius 3 is 2.67 bits per heavy atom. The maximum Gasteiger partial charge on any atom is 0.0931 e. The molecule has 1 N–H and O–H groups in total. The highest BCUT2D eigenvalue weighted by Gasteiger charge is 2.40. The van der Waals surface area contributed by atoms with Crippen LogP contribution >= 0.6 is 11.3 Å². The highest BCUT2D eigenvalue weighted by molar-refractivity contribution is 7.11. The van der Waals surface area contributed by atoms with Gasteiger partial charge in [0.2, 0.25) is 0 Å². The minimum absolute atomic E-state index is 0.0771. The lowest BCUT2D eigenvalue weighted by molar-refractivity contribution is 0.122. The van der Waals surface area contributed by atoms with Crippen LogP contribution in [0.2, 0.25) is 0 Å². The third kappa shape index (κ3) is 1.83. The molecule has 0 aliphatic heterocycles. The van der Waals surface area contributed by atoms with Crippen molar-refractivity contribution in [3.8, 4) is 0 Å². The molecule has 1 saturated carbocycles. The zero-order valence-electron chi connectivity index (χ0n) is 9.55. The molecule has 2 rings (SSSR count). The van der Waals surface area contributed by atoms with E-state index in [-0.39, 0.29) is 5.41 Å². The molecule has 84 valence electrons. The van der Waals surface area contributed by atoms with Gasteiger partial charge in [-0.3, -0.25) is 0 Å². The average molecular weight is 225 g/mol. The fourth-order valence-corrected chi connectivity index (χ4v) is 3.73. The van der Waals surface area contributed by atoms with Crippen molar-refractivity contribution >= 4 is 11.3 Å². The van der Waals surface area contributed by atoms with Crippen LogP contribution in [0.4, 0.5) is 0 Å². The van der Waals surface area contributed by atoms with Crippen LogP contribution in [0.3, 0.4) is 0 Å². The first-order chi connectivity index (χ1) is 7.22. The van der Waals surface area contributed by atoms with Crippen molar-refractivity contribution in [1.29, 1.82) is 0 Å². The molecule has 0 atom stereocenters. The van der Waals surface area contributed by atoms with Crippen molar-refractivity contribution in [2.75, 3.05) is 6.61 Å². The summed E-state index contributed by atoms with van der Waals surface area (Å²) in [5.41, 5.74) is 1.23. The summed E-state index contributed by atoms with van der Waals surface area (Å²) in [7, 11) is 0. The Labute approximate surface area is 95.4 Å². The first-order valence-electron chi connectivity index (χ1n) is 5.79. The summed E-state index contributed by atoms with van der Waals surface area (Å²) < 4.78 is 0. The molecule has 3 heteroatoms. The number of hydrogen-bond donors (Lipinski definition) is 1. The number of thiazole rings is 1. The highest BCUT2D eigenvalue weighted by Crippen LogP contribution is 2.46. The van der Waals surface area contributed by atoms with E-state index in [0.29, 0.717) is 6.61 Å². The second-order valence-corrected chi connectivity index (χ2v) is 5.65. The van der Waals surface area contributed by atoms with E-state index in [0.717, 1.165) is 31.4 Å². The monoisotopic (exact) mass is 225 g/mol. The molecule has 0 aromatic carbocycles. The molecule has 1 fully saturated rings. The summed E-state index contributed by atoms with van der Waals surface area (Å²) in [6, 6.07) is 0. The minimum Gasteiger partial charge on any atom is -0.395 e. The predicted molar refractivity (Wildman–Crippen MR) is 63.5 cm³/mol. The summed E-state index contributed by atoms with van der Waals surface area (Å²) in [6.45, 7) is 4.56. The Morgan fingerprint density at radius 2 is 2.20 bits per heavy atom. The fraction of sp³-hybridized carbons (Fsp3) is 0.750. The van der Waals surface area contributed by atoms with Crippen LogP contribution in [0, 0.1) is 6.92 Å². The largest absolute Gasteiger partial charge is 0.395 e. The number of rotatable bonds is 4. The first kappa shape index (κ1) is 11.1. The number of aliphatic hydroxyl groups is 1. The molecule has 15 heavy (non-hydrogen) atoms. The Bertz CT molecular complexity index is 336. The van der Waals surface area contributed by atoms with Gasteiger partial charge in [-0.05, 0) is 32.6 Å². The lowest BCUT2D eigenvalue weighted by atomic mass is 9.68. The third-order valence-electron chi connectivity index (χ3n) is 3.40. The van der Waals surface area contributed by atoms with E-state index >= 15 is 0 Å². The Balaban J connectivity index is 2.27. The van der Waals surface area contributed by atoms with Gasteiger partial charge >= 0.3 is 0 Å². The van der Waals surface area contributed by atoms with E-state index in [4.69, 9.17) is 0 Å². The molecular formula is C12H19NOS. The van der Waals surface area contributed by atoms with Crippen LogP contribution < -0.4 is 0 Å². The Morgan fingerprint density at radius 1 is 1.47 bits per heavy atom. The molecule has 1 aromatic rings. The number of aromatic nitrogens is 1. The molecule has 0 bridgehead atoms. The van der Waals surface area contributed by atoms with Gasteiger partial charge in [-0.25, -0.2) is 4.98 Å². The SMILES string of the molecule is CCCc1nc(C)c(C2(CO)CCC2)s1. The summed E-state index contributed by atoms with van der Waals surface area (Å²) in [4.78, 5) is 5.95. The van der Waals surface area contributed by atoms with E-state index < -0.39 is 0 Å². The van der Waals surface area contributed by atoms with Crippen molar-refractivity contribution in [2.24, 2.45) is 0 Å². The molecule has 0 unspecified atom stereocenters. The summed E-state index contributed by atoms with van der Waals surface area (Å²) in [5.74, 6) is 0. The van der Waals surface area contributed by atoms with Gasteiger partial charge in [0.15, 0.2) is 0 Å². The van der Waals surface area contributed by atoms with E-state index in [1.807, 2.05) is 11.3 Å². The zero-order valence-corrected chi connectivity index (χ0v) is 10.4. The number of hydrogen-bond acceptors (Lipinski definition) is 3.